The fourth-order valence-corrected chi connectivity index (χ4v) is 4.49. The second-order valence-corrected chi connectivity index (χ2v) is 7.33. The molecule has 0 saturated carbocycles. The van der Waals surface area contributed by atoms with Gasteiger partial charge in [-0.1, -0.05) is 13.0 Å². The predicted molar refractivity (Wildman–Crippen MR) is 101 cm³/mol. The SMILES string of the molecule is CCc1ccc2[nH]c(-c3sccc3Br)c(CCCCN)c2c1. The number of halogens is 1. The van der Waals surface area contributed by atoms with E-state index >= 15 is 0 Å². The van der Waals surface area contributed by atoms with Crippen LogP contribution in [-0.4, -0.2) is 11.5 Å². The molecule has 116 valence electrons. The van der Waals surface area contributed by atoms with Gasteiger partial charge in [-0.25, -0.2) is 0 Å². The first-order valence-electron chi connectivity index (χ1n) is 7.81. The summed E-state index contributed by atoms with van der Waals surface area (Å²) >= 11 is 5.45. The number of aromatic nitrogens is 1. The van der Waals surface area contributed by atoms with E-state index in [1.165, 1.54) is 37.1 Å². The van der Waals surface area contributed by atoms with E-state index in [1.54, 1.807) is 11.3 Å². The lowest BCUT2D eigenvalue weighted by atomic mass is 10.0. The zero-order valence-corrected chi connectivity index (χ0v) is 15.2. The Labute approximate surface area is 143 Å². The first kappa shape index (κ1) is 15.8. The molecule has 0 radical (unpaired) electrons. The number of nitrogens with two attached hydrogens (primary N) is 1. The van der Waals surface area contributed by atoms with Crippen molar-refractivity contribution in [2.24, 2.45) is 5.73 Å². The van der Waals surface area contributed by atoms with E-state index in [0.29, 0.717) is 0 Å². The van der Waals surface area contributed by atoms with Gasteiger partial charge in [0.15, 0.2) is 0 Å². The van der Waals surface area contributed by atoms with Crippen LogP contribution in [0, 0.1) is 0 Å². The molecule has 2 nitrogen and oxygen atoms in total. The van der Waals surface area contributed by atoms with Crippen molar-refractivity contribution in [1.82, 2.24) is 4.98 Å². The van der Waals surface area contributed by atoms with Gasteiger partial charge in [0.2, 0.25) is 0 Å². The Bertz CT molecular complexity index is 773. The van der Waals surface area contributed by atoms with Gasteiger partial charge in [0.25, 0.3) is 0 Å². The molecule has 3 aromatic rings. The molecule has 0 aliphatic carbocycles. The molecule has 0 fully saturated rings. The third-order valence-corrected chi connectivity index (χ3v) is 5.96. The number of benzene rings is 1. The van der Waals surface area contributed by atoms with E-state index in [9.17, 15) is 0 Å². The highest BCUT2D eigenvalue weighted by Crippen LogP contribution is 2.39. The quantitative estimate of drug-likeness (QED) is 0.547. The van der Waals surface area contributed by atoms with Gasteiger partial charge in [0.1, 0.15) is 0 Å². The third kappa shape index (κ3) is 3.00. The van der Waals surface area contributed by atoms with Gasteiger partial charge in [0, 0.05) is 15.4 Å². The third-order valence-electron chi connectivity index (χ3n) is 4.10. The number of thiophene rings is 1. The maximum Gasteiger partial charge on any atom is 0.0650 e. The molecule has 0 aliphatic heterocycles. The first-order valence-corrected chi connectivity index (χ1v) is 9.48. The minimum atomic E-state index is 0.764. The molecule has 0 spiro atoms. The summed E-state index contributed by atoms with van der Waals surface area (Å²) in [6, 6.07) is 8.89. The van der Waals surface area contributed by atoms with Crippen LogP contribution < -0.4 is 5.73 Å². The summed E-state index contributed by atoms with van der Waals surface area (Å²) in [5, 5.41) is 3.50. The molecule has 3 N–H and O–H groups in total. The average Bonchev–Trinajstić information content (AvgIpc) is 3.10. The Hall–Kier alpha value is -1.10. The Morgan fingerprint density at radius 3 is 2.77 bits per heavy atom. The zero-order chi connectivity index (χ0) is 15.5. The maximum atomic E-state index is 5.67. The molecule has 0 amide bonds. The number of rotatable bonds is 6. The number of hydrogen-bond donors (Lipinski definition) is 2. The molecule has 0 atom stereocenters. The molecule has 0 bridgehead atoms. The summed E-state index contributed by atoms with van der Waals surface area (Å²) in [7, 11) is 0. The van der Waals surface area contributed by atoms with Crippen LogP contribution in [0.3, 0.4) is 0 Å². The molecule has 2 heterocycles. The lowest BCUT2D eigenvalue weighted by molar-refractivity contribution is 0.748. The monoisotopic (exact) mass is 376 g/mol. The van der Waals surface area contributed by atoms with Gasteiger partial charge in [-0.3, -0.25) is 0 Å². The van der Waals surface area contributed by atoms with Crippen LogP contribution in [0.5, 0.6) is 0 Å². The van der Waals surface area contributed by atoms with E-state index in [1.807, 2.05) is 0 Å². The maximum absolute atomic E-state index is 5.67. The summed E-state index contributed by atoms with van der Waals surface area (Å²) < 4.78 is 1.17. The zero-order valence-electron chi connectivity index (χ0n) is 12.8. The Kier molecular flexibility index (Phi) is 5.01. The minimum Gasteiger partial charge on any atom is -0.354 e. The Morgan fingerprint density at radius 2 is 2.09 bits per heavy atom. The van der Waals surface area contributed by atoms with E-state index in [0.717, 1.165) is 32.2 Å². The van der Waals surface area contributed by atoms with Gasteiger partial charge in [-0.2, -0.15) is 0 Å². The van der Waals surface area contributed by atoms with Crippen molar-refractivity contribution >= 4 is 38.2 Å². The first-order chi connectivity index (χ1) is 10.7. The number of nitrogens with one attached hydrogen (secondary N) is 1. The van der Waals surface area contributed by atoms with Gasteiger partial charge in [-0.05, 0) is 82.9 Å². The number of hydrogen-bond acceptors (Lipinski definition) is 2. The van der Waals surface area contributed by atoms with E-state index in [2.05, 4.69) is 57.5 Å². The number of H-pyrrole nitrogens is 1. The highest BCUT2D eigenvalue weighted by atomic mass is 79.9. The van der Waals surface area contributed by atoms with E-state index in [4.69, 9.17) is 5.73 Å². The lowest BCUT2D eigenvalue weighted by Crippen LogP contribution is -1.99. The van der Waals surface area contributed by atoms with Crippen molar-refractivity contribution in [2.75, 3.05) is 6.54 Å². The van der Waals surface area contributed by atoms with Crippen LogP contribution in [0.2, 0.25) is 0 Å². The molecule has 2 aromatic heterocycles. The molecule has 0 saturated heterocycles. The van der Waals surface area contributed by atoms with Crippen LogP contribution in [0.4, 0.5) is 0 Å². The topological polar surface area (TPSA) is 41.8 Å². The molecule has 1 aromatic carbocycles. The molecular weight excluding hydrogens is 356 g/mol. The van der Waals surface area contributed by atoms with Crippen LogP contribution in [0.1, 0.15) is 30.9 Å². The lowest BCUT2D eigenvalue weighted by Gasteiger charge is -2.05. The Balaban J connectivity index is 2.13. The summed E-state index contributed by atoms with van der Waals surface area (Å²) in [5.41, 5.74) is 11.0. The van der Waals surface area contributed by atoms with Crippen molar-refractivity contribution < 1.29 is 0 Å². The van der Waals surface area contributed by atoms with Crippen molar-refractivity contribution in [3.05, 3.63) is 45.2 Å². The molecule has 4 heteroatoms. The summed E-state index contributed by atoms with van der Waals surface area (Å²) in [6.45, 7) is 2.97. The fraction of sp³-hybridized carbons (Fsp3) is 0.333. The van der Waals surface area contributed by atoms with Crippen molar-refractivity contribution in [3.8, 4) is 10.6 Å². The van der Waals surface area contributed by atoms with Gasteiger partial charge in [-0.15, -0.1) is 11.3 Å². The summed E-state index contributed by atoms with van der Waals surface area (Å²) in [4.78, 5) is 4.92. The average molecular weight is 377 g/mol. The molecule has 0 aliphatic rings. The van der Waals surface area contributed by atoms with Crippen molar-refractivity contribution in [1.29, 1.82) is 0 Å². The highest BCUT2D eigenvalue weighted by molar-refractivity contribution is 9.10. The normalized spacial score (nSPS) is 11.4. The van der Waals surface area contributed by atoms with Crippen molar-refractivity contribution in [2.45, 2.75) is 32.6 Å². The highest BCUT2D eigenvalue weighted by Gasteiger charge is 2.16. The summed E-state index contributed by atoms with van der Waals surface area (Å²) in [6.07, 6.45) is 4.35. The second-order valence-electron chi connectivity index (χ2n) is 5.56. The minimum absolute atomic E-state index is 0.764. The standard InChI is InChI=1S/C18H21BrN2S/c1-2-12-6-7-16-14(11-12)13(5-3-4-9-20)17(21-16)18-15(19)8-10-22-18/h6-8,10-11,21H,2-5,9,20H2,1H3. The van der Waals surface area contributed by atoms with Crippen LogP contribution in [0.15, 0.2) is 34.1 Å². The second kappa shape index (κ2) is 6.99. The number of aryl methyl sites for hydroxylation is 2. The predicted octanol–water partition coefficient (Wildman–Crippen LogP) is 5.50. The number of unbranched alkanes of at least 4 members (excludes halogenated alkanes) is 1. The van der Waals surface area contributed by atoms with E-state index in [-0.39, 0.29) is 0 Å². The number of fused-ring (bicyclic) bond motifs is 1. The smallest absolute Gasteiger partial charge is 0.0650 e. The Morgan fingerprint density at radius 1 is 1.23 bits per heavy atom. The van der Waals surface area contributed by atoms with Gasteiger partial charge in [0.05, 0.1) is 10.6 Å². The molecule has 22 heavy (non-hydrogen) atoms. The number of aromatic amines is 1. The van der Waals surface area contributed by atoms with Gasteiger partial charge < -0.3 is 10.7 Å². The summed E-state index contributed by atoms with van der Waals surface area (Å²) in [5.74, 6) is 0. The van der Waals surface area contributed by atoms with E-state index < -0.39 is 0 Å². The van der Waals surface area contributed by atoms with Crippen molar-refractivity contribution in [3.63, 3.8) is 0 Å². The fourth-order valence-electron chi connectivity index (χ4n) is 2.89. The largest absolute Gasteiger partial charge is 0.354 e. The van der Waals surface area contributed by atoms with Crippen LogP contribution in [0.25, 0.3) is 21.5 Å². The molecule has 0 unspecified atom stereocenters. The van der Waals surface area contributed by atoms with Crippen LogP contribution in [-0.2, 0) is 12.8 Å². The van der Waals surface area contributed by atoms with Crippen LogP contribution >= 0.6 is 27.3 Å². The van der Waals surface area contributed by atoms with Gasteiger partial charge >= 0.3 is 0 Å². The molecule has 3 rings (SSSR count). The molecular formula is C18H21BrN2S.